The monoisotopic (exact) mass is 672 g/mol. The molecule has 0 bridgehead atoms. The molecule has 2 aliphatic heterocycles. The van der Waals surface area contributed by atoms with E-state index < -0.39 is 62.9 Å². The van der Waals surface area contributed by atoms with Crippen molar-refractivity contribution >= 4 is 58.5 Å². The molecule has 0 radical (unpaired) electrons. The van der Waals surface area contributed by atoms with Crippen LogP contribution in [0, 0.1) is 23.6 Å². The van der Waals surface area contributed by atoms with Gasteiger partial charge in [0.15, 0.2) is 9.75 Å². The van der Waals surface area contributed by atoms with Crippen LogP contribution in [0.1, 0.15) is 50.0 Å². The molecule has 2 aromatic rings. The van der Waals surface area contributed by atoms with Crippen molar-refractivity contribution in [1.29, 1.82) is 0 Å². The number of carbonyl (C=O) groups excluding carboxylic acids is 4. The van der Waals surface area contributed by atoms with Gasteiger partial charge in [-0.3, -0.25) is 28.9 Å². The highest BCUT2D eigenvalue weighted by molar-refractivity contribution is 6.58. The lowest BCUT2D eigenvalue weighted by atomic mass is 9.56. The van der Waals surface area contributed by atoms with E-state index in [9.17, 15) is 33.5 Å². The molecule has 2 heterocycles. The minimum absolute atomic E-state index is 0.00965. The van der Waals surface area contributed by atoms with Crippen LogP contribution >= 0.6 is 23.2 Å². The van der Waals surface area contributed by atoms with Gasteiger partial charge in [0.1, 0.15) is 17.3 Å². The lowest BCUT2D eigenvalue weighted by Gasteiger charge is -2.50. The van der Waals surface area contributed by atoms with Gasteiger partial charge >= 0.3 is 5.97 Å². The lowest BCUT2D eigenvalue weighted by molar-refractivity contribution is -0.141. The van der Waals surface area contributed by atoms with E-state index in [1.54, 1.807) is 6.08 Å². The molecular weight excluding hydrogens is 642 g/mol. The summed E-state index contributed by atoms with van der Waals surface area (Å²) in [6.07, 6.45) is 3.11. The van der Waals surface area contributed by atoms with Crippen LogP contribution in [0.3, 0.4) is 0 Å². The molecule has 6 atom stereocenters. The largest absolute Gasteiger partial charge is 0.508 e. The molecule has 6 unspecified atom stereocenters. The molecule has 6 rings (SSSR count). The third-order valence-electron chi connectivity index (χ3n) is 9.79. The van der Waals surface area contributed by atoms with Crippen LogP contribution in [-0.4, -0.2) is 68.1 Å². The second-order valence-corrected chi connectivity index (χ2v) is 13.5. The Bertz CT molecular complexity index is 1680. The number of likely N-dealkylation sites (tertiary alicyclic amines) is 1. The van der Waals surface area contributed by atoms with Crippen molar-refractivity contribution in [2.75, 3.05) is 18.6 Å². The summed E-state index contributed by atoms with van der Waals surface area (Å²) in [7, 11) is 1.37. The predicted molar refractivity (Wildman–Crippen MR) is 164 cm³/mol. The number of aromatic hydroxyl groups is 1. The van der Waals surface area contributed by atoms with Crippen molar-refractivity contribution in [3.8, 4) is 11.5 Å². The van der Waals surface area contributed by atoms with Crippen LogP contribution in [-0.2, 0) is 24.0 Å². The molecule has 0 spiro atoms. The number of allylic oxidation sites excluding steroid dienone is 2. The summed E-state index contributed by atoms with van der Waals surface area (Å²) in [4.78, 5) is 64.9. The van der Waals surface area contributed by atoms with E-state index in [4.69, 9.17) is 33.0 Å². The number of carbonyl (C=O) groups is 5. The third kappa shape index (κ3) is 4.69. The predicted octanol–water partition coefficient (Wildman–Crippen LogP) is 4.75. The minimum atomic E-state index is -2.13. The number of rotatable bonds is 9. The molecular formula is C33H31Cl2FN2O8. The number of halogens is 3. The Kier molecular flexibility index (Phi) is 8.13. The second kappa shape index (κ2) is 11.7. The van der Waals surface area contributed by atoms with E-state index in [1.165, 1.54) is 42.3 Å². The summed E-state index contributed by atoms with van der Waals surface area (Å²) in [6, 6.07) is 9.01. The van der Waals surface area contributed by atoms with E-state index in [0.717, 1.165) is 17.0 Å². The zero-order valence-corrected chi connectivity index (χ0v) is 26.3. The van der Waals surface area contributed by atoms with Gasteiger partial charge in [0.25, 0.3) is 11.8 Å². The highest BCUT2D eigenvalue weighted by Gasteiger charge is 2.76. The number of hydrogen-bond donors (Lipinski definition) is 2. The van der Waals surface area contributed by atoms with Gasteiger partial charge in [0.05, 0.1) is 24.6 Å². The fourth-order valence-electron chi connectivity index (χ4n) is 7.69. The molecule has 242 valence electrons. The normalized spacial score (nSPS) is 30.2. The molecule has 2 aromatic carbocycles. The number of imide groups is 2. The maximum absolute atomic E-state index is 14.4. The average molecular weight is 674 g/mol. The van der Waals surface area contributed by atoms with E-state index >= 15 is 0 Å². The van der Waals surface area contributed by atoms with Crippen molar-refractivity contribution in [2.24, 2.45) is 17.8 Å². The smallest absolute Gasteiger partial charge is 0.303 e. The average Bonchev–Trinajstić information content (AvgIpc) is 3.35. The van der Waals surface area contributed by atoms with Crippen molar-refractivity contribution in [3.63, 3.8) is 0 Å². The molecule has 4 amide bonds. The highest BCUT2D eigenvalue weighted by atomic mass is 35.5. The fourth-order valence-corrected chi connectivity index (χ4v) is 8.62. The first-order chi connectivity index (χ1) is 21.8. The van der Waals surface area contributed by atoms with Crippen molar-refractivity contribution in [3.05, 3.63) is 65.5 Å². The first kappa shape index (κ1) is 32.0. The molecule has 13 heteroatoms. The Hall–Kier alpha value is -3.96. The quantitative estimate of drug-likeness (QED) is 0.168. The number of hydrogen-bond acceptors (Lipinski definition) is 7. The number of phenols is 1. The molecule has 2 saturated heterocycles. The van der Waals surface area contributed by atoms with Gasteiger partial charge in [0.2, 0.25) is 11.8 Å². The van der Waals surface area contributed by atoms with Gasteiger partial charge in [-0.05, 0) is 61.9 Å². The van der Waals surface area contributed by atoms with Crippen LogP contribution < -0.4 is 9.64 Å². The summed E-state index contributed by atoms with van der Waals surface area (Å²) in [5.74, 6) is -7.36. The van der Waals surface area contributed by atoms with Crippen LogP contribution in [0.25, 0.3) is 0 Å². The Balaban J connectivity index is 1.44. The van der Waals surface area contributed by atoms with Crippen LogP contribution in [0.4, 0.5) is 10.1 Å². The number of unbranched alkanes of at least 4 members (excludes halogenated alkanes) is 2. The van der Waals surface area contributed by atoms with E-state index in [2.05, 4.69) is 0 Å². The van der Waals surface area contributed by atoms with Gasteiger partial charge in [-0.25, -0.2) is 9.29 Å². The van der Waals surface area contributed by atoms with E-state index in [-0.39, 0.29) is 48.9 Å². The number of phenolic OH excluding ortho intramolecular Hbond substituents is 1. The summed E-state index contributed by atoms with van der Waals surface area (Å²) >= 11 is 14.7. The number of fused-ring (bicyclic) bond motifs is 4. The number of amides is 4. The molecule has 3 fully saturated rings. The molecule has 46 heavy (non-hydrogen) atoms. The molecule has 2 N–H and O–H groups in total. The topological polar surface area (TPSA) is 142 Å². The van der Waals surface area contributed by atoms with Gasteiger partial charge in [-0.1, -0.05) is 24.1 Å². The maximum atomic E-state index is 14.4. The lowest BCUT2D eigenvalue weighted by Crippen LogP contribution is -2.60. The highest BCUT2D eigenvalue weighted by Crippen LogP contribution is 2.66. The Labute approximate surface area is 273 Å². The molecule has 2 aliphatic carbocycles. The standard InChI is InChI=1S/C33H31Cl2FN2O8/c1-46-24-15-19(39)10-11-21(24)27-20-12-13-22-26(29(43)37(28(22)42)14-4-2-3-5-25(40)41)23(20)16-32(34)30(44)38(31(45)33(27,32)35)18-8-6-17(36)7-9-18/h6-12,15,22-23,26-27,39H,2-5,13-14,16H2,1H3,(H,40,41). The van der Waals surface area contributed by atoms with Crippen molar-refractivity contribution < 1.29 is 43.3 Å². The van der Waals surface area contributed by atoms with Gasteiger partial charge in [0, 0.05) is 30.5 Å². The summed E-state index contributed by atoms with van der Waals surface area (Å²) < 4.78 is 19.4. The van der Waals surface area contributed by atoms with Crippen molar-refractivity contribution in [1.82, 2.24) is 4.90 Å². The Morgan fingerprint density at radius 2 is 1.72 bits per heavy atom. The van der Waals surface area contributed by atoms with Crippen LogP contribution in [0.15, 0.2) is 54.1 Å². The molecule has 4 aliphatic rings. The second-order valence-electron chi connectivity index (χ2n) is 12.2. The molecule has 1 saturated carbocycles. The van der Waals surface area contributed by atoms with Crippen molar-refractivity contribution in [2.45, 2.75) is 54.2 Å². The minimum Gasteiger partial charge on any atom is -0.508 e. The maximum Gasteiger partial charge on any atom is 0.303 e. The SMILES string of the molecule is COc1cc(O)ccc1C1C2=CCC3C(=O)N(CCCCCC(=O)O)C(=O)C3C2CC2(Cl)C(=O)N(c3ccc(F)cc3)C(=O)C12Cl. The molecule has 10 nitrogen and oxygen atoms in total. The van der Waals surface area contributed by atoms with E-state index in [1.807, 2.05) is 0 Å². The number of carboxylic acids is 1. The number of nitrogens with zero attached hydrogens (tertiary/aromatic N) is 2. The number of aliphatic carboxylic acids is 1. The summed E-state index contributed by atoms with van der Waals surface area (Å²) in [6.45, 7) is 0.128. The van der Waals surface area contributed by atoms with E-state index in [0.29, 0.717) is 30.4 Å². The number of carboxylic acid groups (broad SMARTS) is 1. The summed E-state index contributed by atoms with van der Waals surface area (Å²) in [5, 5.41) is 19.1. The first-order valence-corrected chi connectivity index (χ1v) is 15.8. The number of methoxy groups -OCH3 is 1. The fraction of sp³-hybridized carbons (Fsp3) is 0.424. The zero-order valence-electron chi connectivity index (χ0n) is 24.8. The number of ether oxygens (including phenoxy) is 1. The number of alkyl halides is 2. The zero-order chi connectivity index (χ0) is 33.1. The Morgan fingerprint density at radius 3 is 2.39 bits per heavy atom. The van der Waals surface area contributed by atoms with Gasteiger partial charge < -0.3 is 14.9 Å². The molecule has 0 aromatic heterocycles. The number of benzene rings is 2. The first-order valence-electron chi connectivity index (χ1n) is 15.0. The summed E-state index contributed by atoms with van der Waals surface area (Å²) in [5.41, 5.74) is 0.977. The number of anilines is 1. The van der Waals surface area contributed by atoms with Gasteiger partial charge in [-0.15, -0.1) is 23.2 Å². The van der Waals surface area contributed by atoms with Gasteiger partial charge in [-0.2, -0.15) is 0 Å². The third-order valence-corrected chi connectivity index (χ3v) is 11.2. The van der Waals surface area contributed by atoms with Crippen LogP contribution in [0.5, 0.6) is 11.5 Å². The Morgan fingerprint density at radius 1 is 1.00 bits per heavy atom. The van der Waals surface area contributed by atoms with Crippen LogP contribution in [0.2, 0.25) is 0 Å².